The topological polar surface area (TPSA) is 67.4 Å². The fraction of sp³-hybridized carbons (Fsp3) is 0.294. The van der Waals surface area contributed by atoms with Gasteiger partial charge in [-0.25, -0.2) is 13.1 Å². The molecule has 124 valence electrons. The molecule has 0 amide bonds. The van der Waals surface area contributed by atoms with Crippen molar-refractivity contribution in [3.63, 3.8) is 0 Å². The lowest BCUT2D eigenvalue weighted by atomic mass is 10.1. The van der Waals surface area contributed by atoms with Crippen LogP contribution in [0, 0.1) is 0 Å². The molecule has 2 N–H and O–H groups in total. The van der Waals surface area contributed by atoms with Crippen LogP contribution >= 0.6 is 0 Å². The molecule has 0 aromatic heterocycles. The summed E-state index contributed by atoms with van der Waals surface area (Å²) in [7, 11) is -1.92. The third kappa shape index (κ3) is 5.14. The van der Waals surface area contributed by atoms with Crippen molar-refractivity contribution >= 4 is 10.0 Å². The molecule has 2 aromatic rings. The summed E-state index contributed by atoms with van der Waals surface area (Å²) < 4.78 is 32.7. The molecule has 0 heterocycles. The van der Waals surface area contributed by atoms with E-state index in [4.69, 9.17) is 4.74 Å². The SMILES string of the molecule is COCCNCCNS(=O)(=O)c1ccccc1-c1ccccc1. The van der Waals surface area contributed by atoms with Crippen molar-refractivity contribution < 1.29 is 13.2 Å². The number of ether oxygens (including phenoxy) is 1. The number of rotatable bonds is 9. The van der Waals surface area contributed by atoms with E-state index in [1.165, 1.54) is 0 Å². The van der Waals surface area contributed by atoms with E-state index in [9.17, 15) is 8.42 Å². The summed E-state index contributed by atoms with van der Waals surface area (Å²) >= 11 is 0. The van der Waals surface area contributed by atoms with Crippen molar-refractivity contribution in [1.29, 1.82) is 0 Å². The van der Waals surface area contributed by atoms with Gasteiger partial charge in [-0.2, -0.15) is 0 Å². The lowest BCUT2D eigenvalue weighted by Crippen LogP contribution is -2.33. The maximum atomic E-state index is 12.6. The van der Waals surface area contributed by atoms with E-state index < -0.39 is 10.0 Å². The molecule has 0 radical (unpaired) electrons. The molecule has 23 heavy (non-hydrogen) atoms. The molecule has 0 atom stereocenters. The fourth-order valence-electron chi connectivity index (χ4n) is 2.21. The molecule has 0 aliphatic carbocycles. The molecule has 2 aromatic carbocycles. The molecule has 0 aliphatic heterocycles. The molecule has 2 rings (SSSR count). The maximum absolute atomic E-state index is 12.6. The Morgan fingerprint density at radius 1 is 0.913 bits per heavy atom. The van der Waals surface area contributed by atoms with Gasteiger partial charge >= 0.3 is 0 Å². The second kappa shape index (κ2) is 8.79. The summed E-state index contributed by atoms with van der Waals surface area (Å²) in [6.45, 7) is 2.17. The van der Waals surface area contributed by atoms with Crippen molar-refractivity contribution in [2.75, 3.05) is 33.4 Å². The second-order valence-corrected chi connectivity index (χ2v) is 6.74. The Labute approximate surface area is 137 Å². The van der Waals surface area contributed by atoms with E-state index in [-0.39, 0.29) is 0 Å². The van der Waals surface area contributed by atoms with Crippen molar-refractivity contribution in [3.8, 4) is 11.1 Å². The third-order valence-corrected chi connectivity index (χ3v) is 4.86. The summed E-state index contributed by atoms with van der Waals surface area (Å²) in [6.07, 6.45) is 0. The Morgan fingerprint density at radius 2 is 1.61 bits per heavy atom. The van der Waals surface area contributed by atoms with Crippen LogP contribution in [0.15, 0.2) is 59.5 Å². The van der Waals surface area contributed by atoms with Crippen molar-refractivity contribution in [2.45, 2.75) is 4.90 Å². The lowest BCUT2D eigenvalue weighted by molar-refractivity contribution is 0.199. The fourth-order valence-corrected chi connectivity index (χ4v) is 3.47. The average molecular weight is 334 g/mol. The molecule has 0 spiro atoms. The van der Waals surface area contributed by atoms with Gasteiger partial charge in [0.2, 0.25) is 10.0 Å². The lowest BCUT2D eigenvalue weighted by Gasteiger charge is -2.12. The second-order valence-electron chi connectivity index (χ2n) is 5.00. The predicted molar refractivity (Wildman–Crippen MR) is 91.8 cm³/mol. The van der Waals surface area contributed by atoms with E-state index in [0.29, 0.717) is 36.7 Å². The highest BCUT2D eigenvalue weighted by Gasteiger charge is 2.18. The number of hydrogen-bond donors (Lipinski definition) is 2. The Morgan fingerprint density at radius 3 is 2.35 bits per heavy atom. The minimum Gasteiger partial charge on any atom is -0.383 e. The van der Waals surface area contributed by atoms with Gasteiger partial charge in [-0.15, -0.1) is 0 Å². The summed E-state index contributed by atoms with van der Waals surface area (Å²) in [4.78, 5) is 0.295. The van der Waals surface area contributed by atoms with Crippen LogP contribution in [0.3, 0.4) is 0 Å². The van der Waals surface area contributed by atoms with Crippen LogP contribution in [0.25, 0.3) is 11.1 Å². The standard InChI is InChI=1S/C17H22N2O3S/c1-22-14-13-18-11-12-19-23(20,21)17-10-6-5-9-16(17)15-7-3-2-4-8-15/h2-10,18-19H,11-14H2,1H3. The molecule has 0 fully saturated rings. The smallest absolute Gasteiger partial charge is 0.241 e. The van der Waals surface area contributed by atoms with Gasteiger partial charge < -0.3 is 10.1 Å². The van der Waals surface area contributed by atoms with E-state index >= 15 is 0 Å². The Hall–Kier alpha value is -1.73. The van der Waals surface area contributed by atoms with Gasteiger partial charge in [0.15, 0.2) is 0 Å². The minimum absolute atomic E-state index is 0.295. The quantitative estimate of drug-likeness (QED) is 0.687. The van der Waals surface area contributed by atoms with E-state index in [2.05, 4.69) is 10.0 Å². The molecular formula is C17H22N2O3S. The van der Waals surface area contributed by atoms with E-state index in [1.54, 1.807) is 19.2 Å². The highest BCUT2D eigenvalue weighted by molar-refractivity contribution is 7.89. The first-order chi connectivity index (χ1) is 11.1. The Bertz CT molecular complexity index is 703. The Kier molecular flexibility index (Phi) is 6.73. The van der Waals surface area contributed by atoms with Gasteiger partial charge in [-0.3, -0.25) is 0 Å². The van der Waals surface area contributed by atoms with Crippen LogP contribution in [-0.2, 0) is 14.8 Å². The van der Waals surface area contributed by atoms with Gasteiger partial charge in [-0.05, 0) is 11.6 Å². The molecule has 0 aliphatic rings. The Balaban J connectivity index is 2.08. The van der Waals surface area contributed by atoms with E-state index in [1.807, 2.05) is 42.5 Å². The van der Waals surface area contributed by atoms with Crippen molar-refractivity contribution in [3.05, 3.63) is 54.6 Å². The van der Waals surface area contributed by atoms with Crippen LogP contribution < -0.4 is 10.0 Å². The largest absolute Gasteiger partial charge is 0.383 e. The van der Waals surface area contributed by atoms with Crippen LogP contribution in [0.2, 0.25) is 0 Å². The zero-order valence-corrected chi connectivity index (χ0v) is 14.0. The molecule has 5 nitrogen and oxygen atoms in total. The zero-order chi connectivity index (χ0) is 16.5. The molecule has 6 heteroatoms. The number of hydrogen-bond acceptors (Lipinski definition) is 4. The minimum atomic E-state index is -3.55. The van der Waals surface area contributed by atoms with Crippen LogP contribution in [0.5, 0.6) is 0 Å². The summed E-state index contributed by atoms with van der Waals surface area (Å²) in [5.41, 5.74) is 1.58. The van der Waals surface area contributed by atoms with Crippen LogP contribution in [-0.4, -0.2) is 41.8 Å². The van der Waals surface area contributed by atoms with Gasteiger partial charge in [-0.1, -0.05) is 48.5 Å². The number of nitrogens with one attached hydrogen (secondary N) is 2. The summed E-state index contributed by atoms with van der Waals surface area (Å²) in [5, 5.41) is 3.10. The van der Waals surface area contributed by atoms with Gasteiger partial charge in [0.05, 0.1) is 11.5 Å². The molecule has 0 saturated heterocycles. The highest BCUT2D eigenvalue weighted by atomic mass is 32.2. The monoisotopic (exact) mass is 334 g/mol. The zero-order valence-electron chi connectivity index (χ0n) is 13.2. The van der Waals surface area contributed by atoms with Crippen molar-refractivity contribution in [1.82, 2.24) is 10.0 Å². The summed E-state index contributed by atoms with van der Waals surface area (Å²) in [6, 6.07) is 16.5. The number of benzene rings is 2. The summed E-state index contributed by atoms with van der Waals surface area (Å²) in [5.74, 6) is 0. The molecular weight excluding hydrogens is 312 g/mol. The maximum Gasteiger partial charge on any atom is 0.241 e. The number of sulfonamides is 1. The molecule has 0 unspecified atom stereocenters. The first-order valence-corrected chi connectivity index (χ1v) is 8.97. The molecule has 0 bridgehead atoms. The van der Waals surface area contributed by atoms with Gasteiger partial charge in [0, 0.05) is 32.3 Å². The first kappa shape index (κ1) is 17.6. The van der Waals surface area contributed by atoms with Crippen molar-refractivity contribution in [2.24, 2.45) is 0 Å². The van der Waals surface area contributed by atoms with Crippen LogP contribution in [0.4, 0.5) is 0 Å². The van der Waals surface area contributed by atoms with E-state index in [0.717, 1.165) is 5.56 Å². The highest BCUT2D eigenvalue weighted by Crippen LogP contribution is 2.26. The third-order valence-electron chi connectivity index (χ3n) is 3.34. The first-order valence-electron chi connectivity index (χ1n) is 7.49. The normalized spacial score (nSPS) is 11.5. The predicted octanol–water partition coefficient (Wildman–Crippen LogP) is 1.87. The molecule has 0 saturated carbocycles. The average Bonchev–Trinajstić information content (AvgIpc) is 2.59. The number of methoxy groups -OCH3 is 1. The van der Waals surface area contributed by atoms with Gasteiger partial charge in [0.1, 0.15) is 0 Å². The van der Waals surface area contributed by atoms with Gasteiger partial charge in [0.25, 0.3) is 0 Å². The van der Waals surface area contributed by atoms with Crippen LogP contribution in [0.1, 0.15) is 0 Å².